The number of aromatic nitrogens is 3. The number of nitrogens with one attached hydrogen (secondary N) is 2. The minimum atomic E-state index is -0.666. The van der Waals surface area contributed by atoms with Crippen LogP contribution in [0.25, 0.3) is 27.8 Å². The van der Waals surface area contributed by atoms with E-state index in [1.165, 1.54) is 16.9 Å². The van der Waals surface area contributed by atoms with Crippen molar-refractivity contribution in [3.05, 3.63) is 64.6 Å². The van der Waals surface area contributed by atoms with E-state index in [9.17, 15) is 9.18 Å². The monoisotopic (exact) mass is 381 g/mol. The molecule has 0 aliphatic carbocycles. The van der Waals surface area contributed by atoms with Crippen LogP contribution in [-0.2, 0) is 0 Å². The maximum atomic E-state index is 15.2. The molecule has 0 saturated carbocycles. The Hall–Kier alpha value is -3.26. The van der Waals surface area contributed by atoms with E-state index in [1.807, 2.05) is 6.07 Å². The zero-order valence-electron chi connectivity index (χ0n) is 14.9. The number of halogens is 2. The maximum absolute atomic E-state index is 15.2. The molecule has 2 aromatic carbocycles. The van der Waals surface area contributed by atoms with E-state index in [0.717, 1.165) is 0 Å². The van der Waals surface area contributed by atoms with Crippen LogP contribution >= 0.6 is 0 Å². The lowest BCUT2D eigenvalue weighted by Gasteiger charge is -2.30. The number of para-hydroxylation sites is 1. The van der Waals surface area contributed by atoms with Gasteiger partial charge < -0.3 is 15.2 Å². The van der Waals surface area contributed by atoms with E-state index in [4.69, 9.17) is 0 Å². The highest BCUT2D eigenvalue weighted by molar-refractivity contribution is 5.95. The van der Waals surface area contributed by atoms with Crippen molar-refractivity contribution in [2.24, 2.45) is 0 Å². The zero-order valence-corrected chi connectivity index (χ0v) is 14.9. The van der Waals surface area contributed by atoms with Gasteiger partial charge in [-0.05, 0) is 18.2 Å². The van der Waals surface area contributed by atoms with E-state index < -0.39 is 11.6 Å². The molecule has 3 heterocycles. The number of fused-ring (bicyclic) bond motifs is 3. The molecule has 3 aliphatic rings. The smallest absolute Gasteiger partial charge is 0.282 e. The Kier molecular flexibility index (Phi) is 3.87. The van der Waals surface area contributed by atoms with Crippen molar-refractivity contribution >= 4 is 16.6 Å². The fourth-order valence-corrected chi connectivity index (χ4v) is 3.75. The lowest BCUT2D eigenvalue weighted by molar-refractivity contribution is 0.542. The van der Waals surface area contributed by atoms with Gasteiger partial charge in [0.05, 0.1) is 16.8 Å². The SMILES string of the molecule is O=c1c2c[nH]c3c(F)c(N4CCNCC4)c(F)cc3c-2nn1-c1ccccc1. The van der Waals surface area contributed by atoms with E-state index in [0.29, 0.717) is 31.9 Å². The van der Waals surface area contributed by atoms with Crippen molar-refractivity contribution in [1.82, 2.24) is 20.1 Å². The van der Waals surface area contributed by atoms with Crippen molar-refractivity contribution < 1.29 is 8.78 Å². The predicted octanol–water partition coefficient (Wildman–Crippen LogP) is 2.51. The molecule has 0 amide bonds. The molecule has 0 aromatic heterocycles. The minimum absolute atomic E-state index is 0.0468. The first-order valence-electron chi connectivity index (χ1n) is 9.08. The Labute approximate surface area is 158 Å². The maximum Gasteiger partial charge on any atom is 0.282 e. The summed E-state index contributed by atoms with van der Waals surface area (Å²) in [7, 11) is 0. The topological polar surface area (TPSA) is 66.0 Å². The molecule has 1 fully saturated rings. The molecular formula is C20H17F2N5O. The first-order chi connectivity index (χ1) is 13.6. The van der Waals surface area contributed by atoms with Crippen LogP contribution in [0.2, 0.25) is 0 Å². The Morgan fingerprint density at radius 3 is 2.57 bits per heavy atom. The third-order valence-electron chi connectivity index (χ3n) is 5.12. The number of anilines is 1. The fraction of sp³-hybridized carbons (Fsp3) is 0.200. The molecule has 28 heavy (non-hydrogen) atoms. The number of benzene rings is 2. The summed E-state index contributed by atoms with van der Waals surface area (Å²) in [6, 6.07) is 10.2. The lowest BCUT2D eigenvalue weighted by atomic mass is 10.1. The Balaban J connectivity index is 1.75. The van der Waals surface area contributed by atoms with Crippen LogP contribution in [0.4, 0.5) is 14.5 Å². The number of H-pyrrole nitrogens is 1. The number of aromatic amines is 1. The molecule has 142 valence electrons. The first-order valence-corrected chi connectivity index (χ1v) is 9.08. The number of hydrogen-bond acceptors (Lipinski definition) is 4. The van der Waals surface area contributed by atoms with Gasteiger partial charge in [0, 0.05) is 37.8 Å². The molecule has 0 unspecified atom stereocenters. The van der Waals surface area contributed by atoms with E-state index in [-0.39, 0.29) is 33.4 Å². The van der Waals surface area contributed by atoms with Gasteiger partial charge in [-0.1, -0.05) is 18.2 Å². The molecule has 0 atom stereocenters. The van der Waals surface area contributed by atoms with Gasteiger partial charge in [0.25, 0.3) is 5.56 Å². The van der Waals surface area contributed by atoms with Crippen LogP contribution < -0.4 is 15.8 Å². The summed E-state index contributed by atoms with van der Waals surface area (Å²) in [5.74, 6) is -1.32. The van der Waals surface area contributed by atoms with E-state index >= 15 is 4.39 Å². The number of hydrogen-bond donors (Lipinski definition) is 2. The first kappa shape index (κ1) is 16.9. The molecule has 1 saturated heterocycles. The molecule has 2 N–H and O–H groups in total. The summed E-state index contributed by atoms with van der Waals surface area (Å²) in [5.41, 5.74) is 0.897. The normalized spacial score (nSPS) is 14.9. The zero-order chi connectivity index (χ0) is 19.3. The van der Waals surface area contributed by atoms with Crippen molar-refractivity contribution in [3.63, 3.8) is 0 Å². The van der Waals surface area contributed by atoms with Crippen LogP contribution in [0.3, 0.4) is 0 Å². The van der Waals surface area contributed by atoms with Gasteiger partial charge >= 0.3 is 0 Å². The summed E-state index contributed by atoms with van der Waals surface area (Å²) >= 11 is 0. The van der Waals surface area contributed by atoms with E-state index in [1.54, 1.807) is 29.2 Å². The highest BCUT2D eigenvalue weighted by atomic mass is 19.1. The van der Waals surface area contributed by atoms with Crippen molar-refractivity contribution in [2.45, 2.75) is 0 Å². The van der Waals surface area contributed by atoms with Crippen LogP contribution in [-0.4, -0.2) is 40.9 Å². The average Bonchev–Trinajstić information content (AvgIpc) is 3.07. The van der Waals surface area contributed by atoms with E-state index in [2.05, 4.69) is 15.4 Å². The second-order valence-corrected chi connectivity index (χ2v) is 6.78. The molecule has 0 bridgehead atoms. The Morgan fingerprint density at radius 1 is 1.07 bits per heavy atom. The van der Waals surface area contributed by atoms with Crippen molar-refractivity contribution in [2.75, 3.05) is 31.1 Å². The summed E-state index contributed by atoms with van der Waals surface area (Å²) < 4.78 is 31.4. The summed E-state index contributed by atoms with van der Waals surface area (Å²) in [6.45, 7) is 2.38. The number of rotatable bonds is 2. The molecule has 2 aromatic rings. The van der Waals surface area contributed by atoms with Crippen LogP contribution in [0.1, 0.15) is 0 Å². The summed E-state index contributed by atoms with van der Waals surface area (Å²) in [4.78, 5) is 17.3. The molecule has 8 heteroatoms. The van der Waals surface area contributed by atoms with Crippen LogP contribution in [0.15, 0.2) is 47.4 Å². The predicted molar refractivity (Wildman–Crippen MR) is 103 cm³/mol. The summed E-state index contributed by atoms with van der Waals surface area (Å²) in [6.07, 6.45) is 1.44. The van der Waals surface area contributed by atoms with Gasteiger partial charge in [-0.2, -0.15) is 9.78 Å². The van der Waals surface area contributed by atoms with Crippen molar-refractivity contribution in [3.8, 4) is 16.9 Å². The third kappa shape index (κ3) is 2.49. The number of piperazine rings is 1. The second-order valence-electron chi connectivity index (χ2n) is 6.78. The average molecular weight is 381 g/mol. The molecule has 0 spiro atoms. The van der Waals surface area contributed by atoms with Gasteiger partial charge in [0.1, 0.15) is 17.2 Å². The lowest BCUT2D eigenvalue weighted by Crippen LogP contribution is -2.44. The largest absolute Gasteiger partial charge is 0.364 e. The highest BCUT2D eigenvalue weighted by Crippen LogP contribution is 2.34. The molecule has 5 rings (SSSR count). The highest BCUT2D eigenvalue weighted by Gasteiger charge is 2.26. The Morgan fingerprint density at radius 2 is 1.82 bits per heavy atom. The second kappa shape index (κ2) is 6.42. The number of nitrogens with zero attached hydrogens (tertiary/aromatic N) is 3. The molecular weight excluding hydrogens is 364 g/mol. The van der Waals surface area contributed by atoms with Crippen LogP contribution in [0, 0.1) is 11.6 Å². The van der Waals surface area contributed by atoms with Crippen molar-refractivity contribution in [1.29, 1.82) is 0 Å². The number of pyridine rings is 1. The third-order valence-corrected chi connectivity index (χ3v) is 5.12. The van der Waals surface area contributed by atoms with Gasteiger partial charge in [-0.25, -0.2) is 8.78 Å². The molecule has 3 aliphatic heterocycles. The van der Waals surface area contributed by atoms with Gasteiger partial charge in [0.15, 0.2) is 5.82 Å². The van der Waals surface area contributed by atoms with Gasteiger partial charge in [-0.15, -0.1) is 0 Å². The quantitative estimate of drug-likeness (QED) is 0.560. The minimum Gasteiger partial charge on any atom is -0.364 e. The molecule has 6 nitrogen and oxygen atoms in total. The van der Waals surface area contributed by atoms with Gasteiger partial charge in [0.2, 0.25) is 0 Å². The summed E-state index contributed by atoms with van der Waals surface area (Å²) in [5, 5.41) is 7.78. The van der Waals surface area contributed by atoms with Gasteiger partial charge in [-0.3, -0.25) is 4.79 Å². The fourth-order valence-electron chi connectivity index (χ4n) is 3.75. The Bertz CT molecular complexity index is 1190. The standard InChI is InChI=1S/C20H17F2N5O/c21-15-10-13-17-14(20(28)27(25-17)12-4-2-1-3-5-12)11-24-18(13)16(22)19(15)26-8-6-23-7-9-26/h1-5,10-11,23-24H,6-9H2. The van der Waals surface area contributed by atoms with Crippen LogP contribution in [0.5, 0.6) is 0 Å². The molecule has 0 radical (unpaired) electrons.